The van der Waals surface area contributed by atoms with E-state index in [1.165, 1.54) is 42.5 Å². The number of carbonyl (C=O) groups excluding carboxylic acids is 2. The quantitative estimate of drug-likeness (QED) is 0.366. The summed E-state index contributed by atoms with van der Waals surface area (Å²) in [4.78, 5) is 24.8. The van der Waals surface area contributed by atoms with E-state index in [0.29, 0.717) is 22.6 Å². The number of carbonyl (C=O) groups is 2. The van der Waals surface area contributed by atoms with Crippen molar-refractivity contribution in [1.29, 1.82) is 0 Å². The summed E-state index contributed by atoms with van der Waals surface area (Å²) in [6.45, 7) is 0.157. The molecule has 0 amide bonds. The third-order valence-electron chi connectivity index (χ3n) is 4.64. The minimum Gasteiger partial charge on any atom is -0.454 e. The van der Waals surface area contributed by atoms with E-state index in [4.69, 9.17) is 18.9 Å². The number of hydrogen-bond acceptors (Lipinski definition) is 6. The van der Waals surface area contributed by atoms with Crippen LogP contribution in [-0.4, -0.2) is 18.5 Å². The molecule has 0 radical (unpaired) electrons. The topological polar surface area (TPSA) is 71.1 Å². The Kier molecular flexibility index (Phi) is 4.21. The normalized spacial score (nSPS) is 15.1. The van der Waals surface area contributed by atoms with E-state index in [-0.39, 0.29) is 35.4 Å². The number of ether oxygens (including phenoxy) is 4. The molecule has 5 rings (SSSR count). The van der Waals surface area contributed by atoms with E-state index < -0.39 is 11.8 Å². The van der Waals surface area contributed by atoms with Crippen molar-refractivity contribution in [3.63, 3.8) is 0 Å². The highest BCUT2D eigenvalue weighted by atomic mass is 19.1. The first kappa shape index (κ1) is 17.9. The molecule has 2 heterocycles. The van der Waals surface area contributed by atoms with Crippen molar-refractivity contribution < 1.29 is 32.9 Å². The number of esters is 1. The van der Waals surface area contributed by atoms with E-state index in [2.05, 4.69) is 0 Å². The smallest absolute Gasteiger partial charge is 0.346 e. The van der Waals surface area contributed by atoms with Crippen molar-refractivity contribution in [2.24, 2.45) is 0 Å². The van der Waals surface area contributed by atoms with E-state index in [1.54, 1.807) is 24.3 Å². The van der Waals surface area contributed by atoms with Crippen LogP contribution >= 0.6 is 0 Å². The summed E-state index contributed by atoms with van der Waals surface area (Å²) in [5.74, 6) is -0.0614. The summed E-state index contributed by atoms with van der Waals surface area (Å²) in [5, 5.41) is 0. The molecule has 0 N–H and O–H groups in total. The first-order valence-corrected chi connectivity index (χ1v) is 9.03. The maximum Gasteiger partial charge on any atom is 0.346 e. The summed E-state index contributed by atoms with van der Waals surface area (Å²) in [7, 11) is 0. The molecule has 0 bridgehead atoms. The summed E-state index contributed by atoms with van der Waals surface area (Å²) in [6, 6.07) is 15.2. The van der Waals surface area contributed by atoms with Crippen molar-refractivity contribution in [2.45, 2.75) is 0 Å². The Morgan fingerprint density at radius 1 is 0.967 bits per heavy atom. The van der Waals surface area contributed by atoms with Gasteiger partial charge in [0.05, 0.1) is 11.1 Å². The molecule has 0 unspecified atom stereocenters. The van der Waals surface area contributed by atoms with Gasteiger partial charge in [0.25, 0.3) is 0 Å². The molecule has 0 aliphatic carbocycles. The van der Waals surface area contributed by atoms with Crippen molar-refractivity contribution in [1.82, 2.24) is 0 Å². The molecular weight excluding hydrogens is 391 g/mol. The lowest BCUT2D eigenvalue weighted by Gasteiger charge is -2.06. The lowest BCUT2D eigenvalue weighted by Crippen LogP contribution is -2.10. The fraction of sp³-hybridized carbons (Fsp3) is 0.0435. The van der Waals surface area contributed by atoms with Gasteiger partial charge in [-0.15, -0.1) is 0 Å². The number of allylic oxidation sites excluding steroid dienone is 1. The maximum absolute atomic E-state index is 13.8. The fourth-order valence-corrected chi connectivity index (χ4v) is 3.17. The summed E-state index contributed by atoms with van der Waals surface area (Å²) < 4.78 is 35.3. The van der Waals surface area contributed by atoms with E-state index in [1.807, 2.05) is 0 Å². The number of halogens is 1. The molecule has 2 aliphatic rings. The fourth-order valence-electron chi connectivity index (χ4n) is 3.17. The summed E-state index contributed by atoms with van der Waals surface area (Å²) in [6.07, 6.45) is 1.59. The predicted molar refractivity (Wildman–Crippen MR) is 103 cm³/mol. The molecule has 0 aromatic heterocycles. The number of hydrogen-bond donors (Lipinski definition) is 0. The van der Waals surface area contributed by atoms with Gasteiger partial charge < -0.3 is 18.9 Å². The zero-order chi connectivity index (χ0) is 20.7. The lowest BCUT2D eigenvalue weighted by molar-refractivity contribution is 0.0729. The number of fused-ring (bicyclic) bond motifs is 2. The average molecular weight is 404 g/mol. The van der Waals surface area contributed by atoms with Crippen molar-refractivity contribution in [3.8, 4) is 23.0 Å². The Bertz CT molecular complexity index is 1230. The van der Waals surface area contributed by atoms with Crippen LogP contribution in [0.3, 0.4) is 0 Å². The second-order valence-corrected chi connectivity index (χ2v) is 6.58. The van der Waals surface area contributed by atoms with Gasteiger partial charge >= 0.3 is 5.97 Å². The van der Waals surface area contributed by atoms with Crippen molar-refractivity contribution in [2.75, 3.05) is 6.79 Å². The second kappa shape index (κ2) is 7.04. The average Bonchev–Trinajstić information content (AvgIpc) is 3.32. The zero-order valence-corrected chi connectivity index (χ0v) is 15.4. The molecule has 3 aromatic carbocycles. The third-order valence-corrected chi connectivity index (χ3v) is 4.64. The highest BCUT2D eigenvalue weighted by Gasteiger charge is 2.28. The highest BCUT2D eigenvalue weighted by molar-refractivity contribution is 6.14. The van der Waals surface area contributed by atoms with Crippen LogP contribution in [0.1, 0.15) is 26.3 Å². The molecule has 30 heavy (non-hydrogen) atoms. The van der Waals surface area contributed by atoms with Crippen LogP contribution in [0.4, 0.5) is 4.39 Å². The van der Waals surface area contributed by atoms with E-state index in [0.717, 1.165) is 0 Å². The van der Waals surface area contributed by atoms with Crippen LogP contribution < -0.4 is 18.9 Å². The standard InChI is InChI=1S/C23H13FO6/c24-17-4-2-1-3-15(17)23(26)29-14-6-7-16-19(11-14)30-21(22(16)25)10-13-5-8-18-20(9-13)28-12-27-18/h1-11H,12H2. The number of benzene rings is 3. The molecular formula is C23H13FO6. The summed E-state index contributed by atoms with van der Waals surface area (Å²) in [5.41, 5.74) is 0.868. The van der Waals surface area contributed by atoms with Crippen LogP contribution in [-0.2, 0) is 0 Å². The molecule has 0 saturated carbocycles. The molecule has 3 aromatic rings. The first-order chi connectivity index (χ1) is 14.6. The van der Waals surface area contributed by atoms with Gasteiger partial charge in [0.1, 0.15) is 17.3 Å². The molecule has 148 valence electrons. The molecule has 0 spiro atoms. The van der Waals surface area contributed by atoms with Crippen molar-refractivity contribution in [3.05, 3.63) is 88.9 Å². The number of ketones is 1. The largest absolute Gasteiger partial charge is 0.454 e. The van der Waals surface area contributed by atoms with Gasteiger partial charge in [-0.2, -0.15) is 0 Å². The van der Waals surface area contributed by atoms with Gasteiger partial charge in [-0.1, -0.05) is 18.2 Å². The molecule has 6 nitrogen and oxygen atoms in total. The van der Waals surface area contributed by atoms with Gasteiger partial charge in [-0.25, -0.2) is 9.18 Å². The highest BCUT2D eigenvalue weighted by Crippen LogP contribution is 2.37. The van der Waals surface area contributed by atoms with Gasteiger partial charge in [0.2, 0.25) is 12.6 Å². The molecule has 0 fully saturated rings. The molecule has 2 aliphatic heterocycles. The Morgan fingerprint density at radius 2 is 1.80 bits per heavy atom. The number of Topliss-reactive ketones (excluding diaryl/α,β-unsaturated/α-hetero) is 1. The van der Waals surface area contributed by atoms with Gasteiger partial charge in [0.15, 0.2) is 17.3 Å². The lowest BCUT2D eigenvalue weighted by atomic mass is 10.1. The minimum absolute atomic E-state index is 0.126. The Morgan fingerprint density at radius 3 is 2.67 bits per heavy atom. The van der Waals surface area contributed by atoms with Crippen LogP contribution in [0, 0.1) is 5.82 Å². The van der Waals surface area contributed by atoms with Crippen LogP contribution in [0.25, 0.3) is 6.08 Å². The minimum atomic E-state index is -0.839. The van der Waals surface area contributed by atoms with Crippen LogP contribution in [0.5, 0.6) is 23.0 Å². The molecule has 0 saturated heterocycles. The van der Waals surface area contributed by atoms with Gasteiger partial charge in [0, 0.05) is 6.07 Å². The van der Waals surface area contributed by atoms with Gasteiger partial charge in [-0.3, -0.25) is 4.79 Å². The van der Waals surface area contributed by atoms with E-state index in [9.17, 15) is 14.0 Å². The maximum atomic E-state index is 13.8. The van der Waals surface area contributed by atoms with Crippen LogP contribution in [0.15, 0.2) is 66.4 Å². The number of rotatable bonds is 3. The molecule has 0 atom stereocenters. The Labute approximate surface area is 170 Å². The van der Waals surface area contributed by atoms with Crippen molar-refractivity contribution >= 4 is 17.8 Å². The third kappa shape index (κ3) is 3.16. The zero-order valence-electron chi connectivity index (χ0n) is 15.4. The second-order valence-electron chi connectivity index (χ2n) is 6.58. The first-order valence-electron chi connectivity index (χ1n) is 9.03. The van der Waals surface area contributed by atoms with E-state index >= 15 is 0 Å². The Balaban J connectivity index is 1.38. The van der Waals surface area contributed by atoms with Crippen LogP contribution in [0.2, 0.25) is 0 Å². The molecule has 7 heteroatoms. The predicted octanol–water partition coefficient (Wildman–Crippen LogP) is 4.39. The summed E-state index contributed by atoms with van der Waals surface area (Å²) >= 11 is 0. The SMILES string of the molecule is O=C(Oc1ccc2c(c1)OC(=Cc1ccc3c(c1)OCO3)C2=O)c1ccccc1F. The monoisotopic (exact) mass is 404 g/mol. The Hall–Kier alpha value is -4.13. The van der Waals surface area contributed by atoms with Gasteiger partial charge in [-0.05, 0) is 48.0 Å².